The van der Waals surface area contributed by atoms with Gasteiger partial charge in [0.1, 0.15) is 0 Å². The zero-order valence-corrected chi connectivity index (χ0v) is 11.3. The van der Waals surface area contributed by atoms with Crippen LogP contribution >= 0.6 is 0 Å². The van der Waals surface area contributed by atoms with Gasteiger partial charge in [0.15, 0.2) is 0 Å². The minimum Gasteiger partial charge on any atom is -0.385 e. The molecule has 0 aliphatic carbocycles. The number of allylic oxidation sites excluding steroid dienone is 1. The molecule has 2 rings (SSSR count). The van der Waals surface area contributed by atoms with E-state index < -0.39 is 0 Å². The average molecular weight is 239 g/mol. The van der Waals surface area contributed by atoms with Crippen LogP contribution in [-0.2, 0) is 13.0 Å². The first-order valence-corrected chi connectivity index (χ1v) is 6.67. The summed E-state index contributed by atoms with van der Waals surface area (Å²) in [5.41, 5.74) is 3.86. The Bertz CT molecular complexity index is 555. The van der Waals surface area contributed by atoms with E-state index >= 15 is 0 Å². The summed E-state index contributed by atoms with van der Waals surface area (Å²) in [6.45, 7) is 9.17. The minimum atomic E-state index is 0.858. The van der Waals surface area contributed by atoms with E-state index in [0.717, 1.165) is 25.1 Å². The van der Waals surface area contributed by atoms with Crippen LogP contribution in [-0.4, -0.2) is 0 Å². The molecule has 0 heterocycles. The maximum Gasteiger partial charge on any atom is 0.0403 e. The van der Waals surface area contributed by atoms with Crippen molar-refractivity contribution in [2.75, 3.05) is 0 Å². The van der Waals surface area contributed by atoms with Gasteiger partial charge >= 0.3 is 0 Å². The molecule has 2 aromatic rings. The summed E-state index contributed by atoms with van der Waals surface area (Å²) in [4.78, 5) is 0. The Morgan fingerprint density at radius 2 is 1.61 bits per heavy atom. The molecule has 0 saturated heterocycles. The number of hydrogen-bond acceptors (Lipinski definition) is 1. The standard InChI is InChI=1S/C17H21N/c1-4-13(3)18-12-15-11-10-14(5-2)16-8-6-7-9-17(15)16/h6-11,18H,3-5,12H2,1-2H3. The zero-order valence-electron chi connectivity index (χ0n) is 11.3. The molecule has 0 aliphatic rings. The van der Waals surface area contributed by atoms with E-state index in [2.05, 4.69) is 62.1 Å². The molecule has 0 spiro atoms. The molecule has 0 bridgehead atoms. The van der Waals surface area contributed by atoms with Gasteiger partial charge in [0.25, 0.3) is 0 Å². The van der Waals surface area contributed by atoms with Crippen LogP contribution in [0.5, 0.6) is 0 Å². The third kappa shape index (κ3) is 2.56. The predicted octanol–water partition coefficient (Wildman–Crippen LogP) is 4.42. The van der Waals surface area contributed by atoms with Crippen molar-refractivity contribution < 1.29 is 0 Å². The fourth-order valence-corrected chi connectivity index (χ4v) is 2.23. The molecule has 18 heavy (non-hydrogen) atoms. The summed E-state index contributed by atoms with van der Waals surface area (Å²) in [6, 6.07) is 13.1. The van der Waals surface area contributed by atoms with Crippen LogP contribution < -0.4 is 5.32 Å². The molecule has 0 aliphatic heterocycles. The summed E-state index contributed by atoms with van der Waals surface area (Å²) in [7, 11) is 0. The molecule has 1 nitrogen and oxygen atoms in total. The second-order valence-electron chi connectivity index (χ2n) is 4.59. The minimum absolute atomic E-state index is 0.858. The Hall–Kier alpha value is -1.76. The molecule has 0 unspecified atom stereocenters. The van der Waals surface area contributed by atoms with Gasteiger partial charge in [-0.1, -0.05) is 56.8 Å². The van der Waals surface area contributed by atoms with Crippen molar-refractivity contribution in [2.45, 2.75) is 33.2 Å². The summed E-state index contributed by atoms with van der Waals surface area (Å²) < 4.78 is 0. The van der Waals surface area contributed by atoms with E-state index in [1.807, 2.05) is 0 Å². The van der Waals surface area contributed by atoms with Crippen molar-refractivity contribution in [1.82, 2.24) is 5.32 Å². The Morgan fingerprint density at radius 1 is 1.00 bits per heavy atom. The molecule has 0 fully saturated rings. The molecule has 0 aromatic heterocycles. The molecular formula is C17H21N. The molecular weight excluding hydrogens is 218 g/mol. The van der Waals surface area contributed by atoms with Crippen molar-refractivity contribution in [3.8, 4) is 0 Å². The van der Waals surface area contributed by atoms with E-state index in [-0.39, 0.29) is 0 Å². The number of benzene rings is 2. The van der Waals surface area contributed by atoms with E-state index in [4.69, 9.17) is 0 Å². The number of hydrogen-bond donors (Lipinski definition) is 1. The number of nitrogens with one attached hydrogen (secondary N) is 1. The molecule has 0 atom stereocenters. The normalized spacial score (nSPS) is 10.6. The van der Waals surface area contributed by atoms with Gasteiger partial charge in [-0.2, -0.15) is 0 Å². The van der Waals surface area contributed by atoms with Crippen LogP contribution in [0.4, 0.5) is 0 Å². The predicted molar refractivity (Wildman–Crippen MR) is 79.6 cm³/mol. The summed E-state index contributed by atoms with van der Waals surface area (Å²) in [6.07, 6.45) is 2.06. The molecule has 0 saturated carbocycles. The van der Waals surface area contributed by atoms with Gasteiger partial charge < -0.3 is 5.32 Å². The molecule has 0 amide bonds. The largest absolute Gasteiger partial charge is 0.385 e. The molecule has 2 aromatic carbocycles. The number of aryl methyl sites for hydroxylation is 1. The Kier molecular flexibility index (Phi) is 4.03. The number of rotatable bonds is 5. The number of fused-ring (bicyclic) bond motifs is 1. The highest BCUT2D eigenvalue weighted by atomic mass is 14.9. The first-order chi connectivity index (χ1) is 8.76. The Morgan fingerprint density at radius 3 is 2.22 bits per heavy atom. The molecule has 0 radical (unpaired) electrons. The highest BCUT2D eigenvalue weighted by Gasteiger charge is 2.04. The summed E-state index contributed by atoms with van der Waals surface area (Å²) >= 11 is 0. The highest BCUT2D eigenvalue weighted by Crippen LogP contribution is 2.23. The van der Waals surface area contributed by atoms with Gasteiger partial charge in [-0.15, -0.1) is 0 Å². The van der Waals surface area contributed by atoms with Crippen molar-refractivity contribution >= 4 is 10.8 Å². The highest BCUT2D eigenvalue weighted by molar-refractivity contribution is 5.88. The third-order valence-electron chi connectivity index (χ3n) is 3.44. The second-order valence-corrected chi connectivity index (χ2v) is 4.59. The van der Waals surface area contributed by atoms with E-state index in [9.17, 15) is 0 Å². The first-order valence-electron chi connectivity index (χ1n) is 6.67. The second kappa shape index (κ2) is 5.72. The van der Waals surface area contributed by atoms with Gasteiger partial charge in [-0.3, -0.25) is 0 Å². The quantitative estimate of drug-likeness (QED) is 0.814. The van der Waals surface area contributed by atoms with Gasteiger partial charge in [0, 0.05) is 12.2 Å². The Balaban J connectivity index is 2.37. The van der Waals surface area contributed by atoms with E-state index in [0.29, 0.717) is 0 Å². The fraction of sp³-hybridized carbons (Fsp3) is 0.294. The van der Waals surface area contributed by atoms with Gasteiger partial charge in [0.2, 0.25) is 0 Å². The lowest BCUT2D eigenvalue weighted by Gasteiger charge is -2.12. The van der Waals surface area contributed by atoms with E-state index in [1.165, 1.54) is 21.9 Å². The fourth-order valence-electron chi connectivity index (χ4n) is 2.23. The van der Waals surface area contributed by atoms with Crippen LogP contribution in [0.3, 0.4) is 0 Å². The lowest BCUT2D eigenvalue weighted by Crippen LogP contribution is -2.11. The molecule has 1 heteroatoms. The summed E-state index contributed by atoms with van der Waals surface area (Å²) in [5, 5.41) is 6.11. The zero-order chi connectivity index (χ0) is 13.0. The smallest absolute Gasteiger partial charge is 0.0403 e. The van der Waals surface area contributed by atoms with Crippen LogP contribution in [0, 0.1) is 0 Å². The van der Waals surface area contributed by atoms with E-state index in [1.54, 1.807) is 0 Å². The molecule has 1 N–H and O–H groups in total. The van der Waals surface area contributed by atoms with Crippen LogP contribution in [0.15, 0.2) is 48.7 Å². The lowest BCUT2D eigenvalue weighted by atomic mass is 9.98. The van der Waals surface area contributed by atoms with Crippen LogP contribution in [0.2, 0.25) is 0 Å². The maximum atomic E-state index is 3.99. The first kappa shape index (κ1) is 12.7. The molecule has 94 valence electrons. The summed E-state index contributed by atoms with van der Waals surface area (Å²) in [5.74, 6) is 0. The van der Waals surface area contributed by atoms with Crippen LogP contribution in [0.1, 0.15) is 31.4 Å². The van der Waals surface area contributed by atoms with Gasteiger partial charge in [-0.25, -0.2) is 0 Å². The lowest BCUT2D eigenvalue weighted by molar-refractivity contribution is 0.780. The van der Waals surface area contributed by atoms with Gasteiger partial charge in [0.05, 0.1) is 0 Å². The topological polar surface area (TPSA) is 12.0 Å². The average Bonchev–Trinajstić information content (AvgIpc) is 2.44. The van der Waals surface area contributed by atoms with Crippen LogP contribution in [0.25, 0.3) is 10.8 Å². The SMILES string of the molecule is C=C(CC)NCc1ccc(CC)c2ccccc12. The third-order valence-corrected chi connectivity index (χ3v) is 3.44. The van der Waals surface area contributed by atoms with Crippen molar-refractivity contribution in [3.63, 3.8) is 0 Å². The Labute approximate surface area is 110 Å². The van der Waals surface area contributed by atoms with Crippen molar-refractivity contribution in [1.29, 1.82) is 0 Å². The van der Waals surface area contributed by atoms with Gasteiger partial charge in [-0.05, 0) is 34.7 Å². The van der Waals surface area contributed by atoms with Crippen molar-refractivity contribution in [3.05, 3.63) is 59.8 Å². The monoisotopic (exact) mass is 239 g/mol. The van der Waals surface area contributed by atoms with Crippen molar-refractivity contribution in [2.24, 2.45) is 0 Å². The maximum absolute atomic E-state index is 3.99.